The van der Waals surface area contributed by atoms with Crippen LogP contribution in [-0.4, -0.2) is 13.1 Å². The van der Waals surface area contributed by atoms with Crippen LogP contribution in [0.3, 0.4) is 0 Å². The Hall–Kier alpha value is -2.03. The van der Waals surface area contributed by atoms with Crippen molar-refractivity contribution in [1.29, 1.82) is 0 Å². The van der Waals surface area contributed by atoms with E-state index >= 15 is 0 Å². The lowest BCUT2D eigenvalue weighted by atomic mass is 10.0. The third-order valence-corrected chi connectivity index (χ3v) is 3.78. The van der Waals surface area contributed by atoms with Gasteiger partial charge in [-0.2, -0.15) is 0 Å². The first-order valence-electron chi connectivity index (χ1n) is 7.18. The van der Waals surface area contributed by atoms with Gasteiger partial charge in [0.2, 0.25) is 0 Å². The van der Waals surface area contributed by atoms with E-state index < -0.39 is 0 Å². The maximum atomic E-state index is 13.5. The summed E-state index contributed by atoms with van der Waals surface area (Å²) >= 11 is 0. The molecule has 0 spiro atoms. The van der Waals surface area contributed by atoms with Crippen LogP contribution < -0.4 is 10.2 Å². The molecule has 2 aromatic carbocycles. The van der Waals surface area contributed by atoms with Crippen LogP contribution in [0.15, 0.2) is 42.5 Å². The minimum absolute atomic E-state index is 0.196. The number of halogens is 1. The summed E-state index contributed by atoms with van der Waals surface area (Å²) in [6.45, 7) is 3.90. The lowest BCUT2D eigenvalue weighted by Crippen LogP contribution is -2.21. The first kappa shape index (κ1) is 13.0. The van der Waals surface area contributed by atoms with Crippen LogP contribution in [0.5, 0.6) is 0 Å². The van der Waals surface area contributed by atoms with Gasteiger partial charge in [0, 0.05) is 18.8 Å². The largest absolute Gasteiger partial charge is 0.383 e. The molecule has 3 rings (SSSR count). The van der Waals surface area contributed by atoms with Crippen molar-refractivity contribution in [1.82, 2.24) is 0 Å². The number of aryl methyl sites for hydroxylation is 1. The molecular formula is C17H19FN2. The summed E-state index contributed by atoms with van der Waals surface area (Å²) in [5.41, 5.74) is 4.58. The van der Waals surface area contributed by atoms with Crippen LogP contribution in [0.25, 0.3) is 0 Å². The number of nitrogens with zero attached hydrogens (tertiary/aromatic N) is 1. The van der Waals surface area contributed by atoms with Crippen molar-refractivity contribution in [2.75, 3.05) is 23.3 Å². The van der Waals surface area contributed by atoms with Gasteiger partial charge in [-0.15, -0.1) is 0 Å². The van der Waals surface area contributed by atoms with Gasteiger partial charge in [-0.1, -0.05) is 18.2 Å². The number of nitrogens with one attached hydrogen (secondary N) is 1. The normalized spacial score (nSPS) is 13.5. The topological polar surface area (TPSA) is 15.3 Å². The average molecular weight is 270 g/mol. The van der Waals surface area contributed by atoms with Gasteiger partial charge >= 0.3 is 0 Å². The van der Waals surface area contributed by atoms with E-state index in [4.69, 9.17) is 0 Å². The van der Waals surface area contributed by atoms with E-state index in [-0.39, 0.29) is 5.82 Å². The molecule has 1 N–H and O–H groups in total. The predicted octanol–water partition coefficient (Wildman–Crippen LogP) is 4.34. The molecule has 0 atom stereocenters. The number of anilines is 3. The number of hydrogen-bond donors (Lipinski definition) is 1. The van der Waals surface area contributed by atoms with Crippen molar-refractivity contribution in [3.05, 3.63) is 53.8 Å². The lowest BCUT2D eigenvalue weighted by molar-refractivity contribution is 0.627. The van der Waals surface area contributed by atoms with E-state index in [1.54, 1.807) is 12.1 Å². The molecule has 0 aliphatic carbocycles. The van der Waals surface area contributed by atoms with E-state index in [2.05, 4.69) is 35.3 Å². The second-order valence-corrected chi connectivity index (χ2v) is 5.07. The van der Waals surface area contributed by atoms with E-state index in [1.165, 1.54) is 23.7 Å². The van der Waals surface area contributed by atoms with Crippen LogP contribution in [0.1, 0.15) is 18.9 Å². The summed E-state index contributed by atoms with van der Waals surface area (Å²) in [4.78, 5) is 2.15. The van der Waals surface area contributed by atoms with Crippen molar-refractivity contribution in [2.24, 2.45) is 0 Å². The Labute approximate surface area is 119 Å². The molecule has 1 heterocycles. The molecule has 1 aliphatic heterocycles. The zero-order valence-corrected chi connectivity index (χ0v) is 11.7. The van der Waals surface area contributed by atoms with Crippen molar-refractivity contribution < 1.29 is 4.39 Å². The Balaban J connectivity index is 2.06. The molecule has 0 fully saturated rings. The summed E-state index contributed by atoms with van der Waals surface area (Å²) in [5, 5.41) is 3.49. The molecule has 0 saturated heterocycles. The summed E-state index contributed by atoms with van der Waals surface area (Å²) in [5.74, 6) is -0.196. The standard InChI is InChI=1S/C17H19FN2/c1-2-20(15-9-4-8-14(18)12-15)16-10-3-6-13-7-5-11-19-17(13)16/h3-4,6,8-10,12,19H,2,5,7,11H2,1H3. The molecule has 104 valence electrons. The highest BCUT2D eigenvalue weighted by Crippen LogP contribution is 2.36. The van der Waals surface area contributed by atoms with Gasteiger partial charge < -0.3 is 10.2 Å². The highest BCUT2D eigenvalue weighted by Gasteiger charge is 2.17. The molecule has 0 saturated carbocycles. The summed E-state index contributed by atoms with van der Waals surface area (Å²) in [6.07, 6.45) is 2.28. The molecule has 2 nitrogen and oxygen atoms in total. The number of benzene rings is 2. The van der Waals surface area contributed by atoms with E-state index in [0.717, 1.165) is 30.9 Å². The van der Waals surface area contributed by atoms with E-state index in [9.17, 15) is 4.39 Å². The minimum Gasteiger partial charge on any atom is -0.383 e. The smallest absolute Gasteiger partial charge is 0.125 e. The highest BCUT2D eigenvalue weighted by molar-refractivity contribution is 5.79. The van der Waals surface area contributed by atoms with Crippen LogP contribution in [0.2, 0.25) is 0 Å². The van der Waals surface area contributed by atoms with Gasteiger partial charge in [0.25, 0.3) is 0 Å². The fourth-order valence-electron chi connectivity index (χ4n) is 2.85. The van der Waals surface area contributed by atoms with Crippen LogP contribution >= 0.6 is 0 Å². The van der Waals surface area contributed by atoms with Gasteiger partial charge in [-0.25, -0.2) is 4.39 Å². The Morgan fingerprint density at radius 1 is 1.20 bits per heavy atom. The monoisotopic (exact) mass is 270 g/mol. The van der Waals surface area contributed by atoms with Gasteiger partial charge in [0.1, 0.15) is 5.82 Å². The predicted molar refractivity (Wildman–Crippen MR) is 82.3 cm³/mol. The molecule has 20 heavy (non-hydrogen) atoms. The maximum absolute atomic E-state index is 13.5. The minimum atomic E-state index is -0.196. The molecule has 0 radical (unpaired) electrons. The van der Waals surface area contributed by atoms with E-state index in [0.29, 0.717) is 0 Å². The zero-order chi connectivity index (χ0) is 13.9. The summed E-state index contributed by atoms with van der Waals surface area (Å²) in [6, 6.07) is 13.1. The second kappa shape index (κ2) is 5.53. The molecule has 0 aromatic heterocycles. The average Bonchev–Trinajstić information content (AvgIpc) is 2.48. The Kier molecular flexibility index (Phi) is 3.59. The molecule has 1 aliphatic rings. The van der Waals surface area contributed by atoms with Gasteiger partial charge in [-0.05, 0) is 49.6 Å². The Morgan fingerprint density at radius 3 is 2.85 bits per heavy atom. The first-order chi connectivity index (χ1) is 9.79. The summed E-state index contributed by atoms with van der Waals surface area (Å²) in [7, 11) is 0. The molecule has 0 bridgehead atoms. The van der Waals surface area contributed by atoms with Crippen molar-refractivity contribution >= 4 is 17.1 Å². The molecular weight excluding hydrogens is 251 g/mol. The second-order valence-electron chi connectivity index (χ2n) is 5.07. The van der Waals surface area contributed by atoms with Crippen LogP contribution in [0.4, 0.5) is 21.5 Å². The van der Waals surface area contributed by atoms with Crippen LogP contribution in [0, 0.1) is 5.82 Å². The van der Waals surface area contributed by atoms with Gasteiger partial charge in [0.15, 0.2) is 0 Å². The van der Waals surface area contributed by atoms with Gasteiger partial charge in [-0.3, -0.25) is 0 Å². The quantitative estimate of drug-likeness (QED) is 0.892. The maximum Gasteiger partial charge on any atom is 0.125 e. The molecule has 3 heteroatoms. The van der Waals surface area contributed by atoms with E-state index in [1.807, 2.05) is 6.07 Å². The zero-order valence-electron chi connectivity index (χ0n) is 11.7. The van der Waals surface area contributed by atoms with Crippen molar-refractivity contribution in [3.63, 3.8) is 0 Å². The third kappa shape index (κ3) is 2.36. The molecule has 0 unspecified atom stereocenters. The first-order valence-corrected chi connectivity index (χ1v) is 7.18. The summed E-state index contributed by atoms with van der Waals surface area (Å²) < 4.78 is 13.5. The van der Waals surface area contributed by atoms with Crippen LogP contribution in [-0.2, 0) is 6.42 Å². The Bertz CT molecular complexity index is 610. The number of hydrogen-bond acceptors (Lipinski definition) is 2. The fourth-order valence-corrected chi connectivity index (χ4v) is 2.85. The van der Waals surface area contributed by atoms with Crippen molar-refractivity contribution in [2.45, 2.75) is 19.8 Å². The number of para-hydroxylation sites is 1. The van der Waals surface area contributed by atoms with Gasteiger partial charge in [0.05, 0.1) is 11.4 Å². The number of fused-ring (bicyclic) bond motifs is 1. The fraction of sp³-hybridized carbons (Fsp3) is 0.294. The number of rotatable bonds is 3. The molecule has 0 amide bonds. The molecule has 2 aromatic rings. The van der Waals surface area contributed by atoms with Crippen molar-refractivity contribution in [3.8, 4) is 0 Å². The third-order valence-electron chi connectivity index (χ3n) is 3.78. The lowest BCUT2D eigenvalue weighted by Gasteiger charge is -2.29. The highest BCUT2D eigenvalue weighted by atomic mass is 19.1. The Morgan fingerprint density at radius 2 is 2.05 bits per heavy atom. The SMILES string of the molecule is CCN(c1cccc(F)c1)c1cccc2c1NCCC2.